The van der Waals surface area contributed by atoms with E-state index in [1.807, 2.05) is 0 Å². The van der Waals surface area contributed by atoms with Gasteiger partial charge in [0.15, 0.2) is 10.8 Å². The van der Waals surface area contributed by atoms with Crippen LogP contribution in [0.3, 0.4) is 0 Å². The number of hydrogen-bond donors (Lipinski definition) is 0. The minimum absolute atomic E-state index is 0.0736. The molecule has 0 saturated carbocycles. The van der Waals surface area contributed by atoms with Crippen molar-refractivity contribution in [3.05, 3.63) is 23.7 Å². The van der Waals surface area contributed by atoms with Gasteiger partial charge in [-0.15, -0.1) is 5.10 Å². The van der Waals surface area contributed by atoms with Crippen molar-refractivity contribution in [1.29, 1.82) is 0 Å². The molecule has 3 rings (SSSR count). The highest BCUT2D eigenvalue weighted by atomic mass is 32.2. The van der Waals surface area contributed by atoms with Crippen molar-refractivity contribution in [3.8, 4) is 5.95 Å². The summed E-state index contributed by atoms with van der Waals surface area (Å²) >= 11 is 0.995. The Morgan fingerprint density at radius 2 is 1.77 bits per heavy atom. The maximum absolute atomic E-state index is 12.9. The van der Waals surface area contributed by atoms with Crippen LogP contribution in [0, 0.1) is 0 Å². The molecule has 0 bridgehead atoms. The molecule has 0 amide bonds. The van der Waals surface area contributed by atoms with E-state index in [1.165, 1.54) is 11.6 Å². The van der Waals surface area contributed by atoms with Crippen molar-refractivity contribution >= 4 is 22.9 Å². The topological polar surface area (TPSA) is 61.4 Å². The number of hydrogen-bond acceptors (Lipinski definition) is 5. The van der Waals surface area contributed by atoms with E-state index < -0.39 is 23.7 Å². The summed E-state index contributed by atoms with van der Waals surface area (Å²) in [6.07, 6.45) is -8.74. The molecule has 3 aromatic rings. The van der Waals surface area contributed by atoms with Gasteiger partial charge in [-0.3, -0.25) is 4.57 Å². The molecule has 3 heterocycles. The fraction of sp³-hybridized carbons (Fsp3) is 0.385. The van der Waals surface area contributed by atoms with Gasteiger partial charge in [-0.25, -0.2) is 9.97 Å². The molecule has 0 fully saturated rings. The van der Waals surface area contributed by atoms with Crippen LogP contribution in [0.5, 0.6) is 0 Å². The first-order valence-electron chi connectivity index (χ1n) is 7.09. The Morgan fingerprint density at radius 1 is 1.08 bits per heavy atom. The molecule has 0 radical (unpaired) electrons. The van der Waals surface area contributed by atoms with Gasteiger partial charge in [-0.05, 0) is 11.8 Å². The van der Waals surface area contributed by atoms with Crippen molar-refractivity contribution in [2.24, 2.45) is 7.05 Å². The van der Waals surface area contributed by atoms with E-state index in [4.69, 9.17) is 0 Å². The van der Waals surface area contributed by atoms with Crippen molar-refractivity contribution in [3.63, 3.8) is 0 Å². The third-order valence-electron chi connectivity index (χ3n) is 3.31. The van der Waals surface area contributed by atoms with Crippen molar-refractivity contribution in [2.75, 3.05) is 5.75 Å². The van der Waals surface area contributed by atoms with Crippen molar-refractivity contribution in [1.82, 2.24) is 29.3 Å². The van der Waals surface area contributed by atoms with Crippen molar-refractivity contribution < 1.29 is 26.3 Å². The van der Waals surface area contributed by atoms with Crippen molar-refractivity contribution in [2.45, 2.75) is 24.4 Å². The van der Waals surface area contributed by atoms with Gasteiger partial charge in [0.2, 0.25) is 5.95 Å². The van der Waals surface area contributed by atoms with E-state index in [9.17, 15) is 26.3 Å². The Bertz CT molecular complexity index is 957. The SMILES string of the molecule is CCSc1nc(C(F)(F)F)nn1-c1nc2cc(C(F)(F)F)cnc2n1C. The van der Waals surface area contributed by atoms with E-state index in [-0.39, 0.29) is 22.3 Å². The summed E-state index contributed by atoms with van der Waals surface area (Å²) in [5.74, 6) is -1.06. The van der Waals surface area contributed by atoms with Gasteiger partial charge in [-0.1, -0.05) is 18.7 Å². The molecule has 13 heteroatoms. The van der Waals surface area contributed by atoms with Crippen LogP contribution in [-0.2, 0) is 19.4 Å². The molecule has 0 aliphatic heterocycles. The summed E-state index contributed by atoms with van der Waals surface area (Å²) in [6.45, 7) is 1.71. The molecule has 0 aliphatic carbocycles. The molecule has 3 aromatic heterocycles. The lowest BCUT2D eigenvalue weighted by Gasteiger charge is -2.05. The zero-order chi connectivity index (χ0) is 19.3. The number of aromatic nitrogens is 6. The van der Waals surface area contributed by atoms with Gasteiger partial charge in [0.05, 0.1) is 5.56 Å². The minimum Gasteiger partial charge on any atom is -0.296 e. The Hall–Kier alpha value is -2.31. The third-order valence-corrected chi connectivity index (χ3v) is 4.12. The molecule has 0 unspecified atom stereocenters. The summed E-state index contributed by atoms with van der Waals surface area (Å²) in [4.78, 5) is 11.1. The maximum atomic E-state index is 12.9. The number of nitrogens with zero attached hydrogens (tertiary/aromatic N) is 6. The second-order valence-corrected chi connectivity index (χ2v) is 6.33. The molecule has 0 N–H and O–H groups in total. The van der Waals surface area contributed by atoms with Crippen LogP contribution in [-0.4, -0.2) is 35.1 Å². The Labute approximate surface area is 146 Å². The standard InChI is InChI=1S/C13H10F6N6S/c1-3-26-11-22-9(13(17,18)19)23-25(11)10-21-7-4-6(12(14,15)16)5-20-8(7)24(10)2/h4-5H,3H2,1-2H3. The normalized spacial score (nSPS) is 12.9. The second-order valence-electron chi connectivity index (χ2n) is 5.10. The number of aryl methyl sites for hydroxylation is 1. The largest absolute Gasteiger partial charge is 0.453 e. The molecule has 26 heavy (non-hydrogen) atoms. The van der Waals surface area contributed by atoms with Crippen LogP contribution in [0.4, 0.5) is 26.3 Å². The lowest BCUT2D eigenvalue weighted by atomic mass is 10.2. The predicted molar refractivity (Wildman–Crippen MR) is 79.8 cm³/mol. The Kier molecular flexibility index (Phi) is 4.37. The number of halogens is 6. The van der Waals surface area contributed by atoms with Gasteiger partial charge < -0.3 is 0 Å². The van der Waals surface area contributed by atoms with Crippen LogP contribution in [0.2, 0.25) is 0 Å². The van der Waals surface area contributed by atoms with Crippen LogP contribution in [0.25, 0.3) is 17.1 Å². The molecule has 0 saturated heterocycles. The molecular formula is C13H10F6N6S. The smallest absolute Gasteiger partial charge is 0.296 e. The molecule has 0 spiro atoms. The fourth-order valence-corrected chi connectivity index (χ4v) is 2.83. The Morgan fingerprint density at radius 3 is 2.35 bits per heavy atom. The molecule has 6 nitrogen and oxygen atoms in total. The van der Waals surface area contributed by atoms with Gasteiger partial charge in [0.25, 0.3) is 5.82 Å². The van der Waals surface area contributed by atoms with Gasteiger partial charge in [0, 0.05) is 13.2 Å². The van der Waals surface area contributed by atoms with E-state index in [1.54, 1.807) is 6.92 Å². The lowest BCUT2D eigenvalue weighted by Crippen LogP contribution is -2.10. The second kappa shape index (κ2) is 6.14. The summed E-state index contributed by atoms with van der Waals surface area (Å²) in [5, 5.41) is 3.35. The van der Waals surface area contributed by atoms with Crippen LogP contribution >= 0.6 is 11.8 Å². The average molecular weight is 396 g/mol. The first-order chi connectivity index (χ1) is 12.0. The molecule has 0 atom stereocenters. The van der Waals surface area contributed by atoms with Gasteiger partial charge in [-0.2, -0.15) is 36.0 Å². The van der Waals surface area contributed by atoms with Crippen LogP contribution < -0.4 is 0 Å². The van der Waals surface area contributed by atoms with Gasteiger partial charge in [0.1, 0.15) is 5.52 Å². The number of rotatable bonds is 3. The molecular weight excluding hydrogens is 386 g/mol. The van der Waals surface area contributed by atoms with Crippen LogP contribution in [0.15, 0.2) is 17.4 Å². The average Bonchev–Trinajstić information content (AvgIpc) is 3.08. The molecule has 140 valence electrons. The summed E-state index contributed by atoms with van der Waals surface area (Å²) in [5.41, 5.74) is -1.05. The number of imidazole rings is 1. The number of pyridine rings is 1. The first kappa shape index (κ1) is 18.5. The quantitative estimate of drug-likeness (QED) is 0.499. The molecule has 0 aliphatic rings. The number of alkyl halides is 6. The number of thioether (sulfide) groups is 1. The zero-order valence-electron chi connectivity index (χ0n) is 13.2. The Balaban J connectivity index is 2.19. The minimum atomic E-state index is -4.76. The van der Waals surface area contributed by atoms with Crippen LogP contribution in [0.1, 0.15) is 18.3 Å². The highest BCUT2D eigenvalue weighted by molar-refractivity contribution is 7.99. The summed E-state index contributed by atoms with van der Waals surface area (Å²) < 4.78 is 79.3. The summed E-state index contributed by atoms with van der Waals surface area (Å²) in [6, 6.07) is 0.778. The van der Waals surface area contributed by atoms with E-state index >= 15 is 0 Å². The lowest BCUT2D eigenvalue weighted by molar-refractivity contribution is -0.145. The maximum Gasteiger partial charge on any atom is 0.453 e. The molecule has 0 aromatic carbocycles. The third kappa shape index (κ3) is 3.22. The predicted octanol–water partition coefficient (Wildman–Crippen LogP) is 3.70. The fourth-order valence-electron chi connectivity index (χ4n) is 2.18. The number of fused-ring (bicyclic) bond motifs is 1. The first-order valence-corrected chi connectivity index (χ1v) is 8.08. The summed E-state index contributed by atoms with van der Waals surface area (Å²) in [7, 11) is 1.42. The highest BCUT2D eigenvalue weighted by Gasteiger charge is 2.38. The van der Waals surface area contributed by atoms with E-state index in [0.29, 0.717) is 11.9 Å². The van der Waals surface area contributed by atoms with Gasteiger partial charge >= 0.3 is 12.4 Å². The highest BCUT2D eigenvalue weighted by Crippen LogP contribution is 2.32. The monoisotopic (exact) mass is 396 g/mol. The zero-order valence-corrected chi connectivity index (χ0v) is 14.0. The van der Waals surface area contributed by atoms with E-state index in [0.717, 1.165) is 22.5 Å². The van der Waals surface area contributed by atoms with E-state index in [2.05, 4.69) is 20.1 Å².